The molecule has 3 nitrogen and oxygen atoms in total. The summed E-state index contributed by atoms with van der Waals surface area (Å²) in [5, 5.41) is 9.29. The van der Waals surface area contributed by atoms with Crippen LogP contribution < -0.4 is 0 Å². The molecule has 2 unspecified atom stereocenters. The van der Waals surface area contributed by atoms with Gasteiger partial charge >= 0.3 is 0 Å². The first-order chi connectivity index (χ1) is 5.93. The first kappa shape index (κ1) is 12.9. The van der Waals surface area contributed by atoms with Crippen molar-refractivity contribution in [1.29, 1.82) is 0 Å². The first-order valence-corrected chi connectivity index (χ1v) is 6.63. The molecule has 0 bridgehead atoms. The molecule has 13 heavy (non-hydrogen) atoms. The maximum Gasteiger partial charge on any atom is 0.150 e. The van der Waals surface area contributed by atoms with E-state index in [4.69, 9.17) is 0 Å². The number of hydrogen-bond acceptors (Lipinski definition) is 3. The fourth-order valence-corrected chi connectivity index (χ4v) is 2.21. The molecule has 2 atom stereocenters. The van der Waals surface area contributed by atoms with Crippen LogP contribution in [0.15, 0.2) is 0 Å². The average Bonchev–Trinajstić information content (AvgIpc) is 2.05. The summed E-state index contributed by atoms with van der Waals surface area (Å²) in [4.78, 5) is 0. The van der Waals surface area contributed by atoms with Crippen LogP contribution in [-0.2, 0) is 9.84 Å². The molecule has 0 fully saturated rings. The minimum Gasteiger partial charge on any atom is -0.393 e. The van der Waals surface area contributed by atoms with Gasteiger partial charge in [0.15, 0.2) is 0 Å². The summed E-state index contributed by atoms with van der Waals surface area (Å²) in [6.07, 6.45) is 0.999. The SMILES string of the molecule is CCC(CCS(=O)(=O)CC)C(C)O. The van der Waals surface area contributed by atoms with E-state index in [-0.39, 0.29) is 17.4 Å². The van der Waals surface area contributed by atoms with Crippen molar-refractivity contribution in [1.82, 2.24) is 0 Å². The molecule has 80 valence electrons. The molecular formula is C9H20O3S. The second-order valence-electron chi connectivity index (χ2n) is 3.43. The summed E-state index contributed by atoms with van der Waals surface area (Å²) >= 11 is 0. The fourth-order valence-electron chi connectivity index (χ4n) is 1.26. The molecule has 0 heterocycles. The molecule has 0 aromatic carbocycles. The van der Waals surface area contributed by atoms with Gasteiger partial charge in [-0.05, 0) is 19.3 Å². The monoisotopic (exact) mass is 208 g/mol. The summed E-state index contributed by atoms with van der Waals surface area (Å²) in [7, 11) is -2.87. The van der Waals surface area contributed by atoms with Crippen LogP contribution in [0.4, 0.5) is 0 Å². The van der Waals surface area contributed by atoms with E-state index in [1.165, 1.54) is 0 Å². The molecule has 0 saturated carbocycles. The molecule has 0 spiro atoms. The van der Waals surface area contributed by atoms with Crippen molar-refractivity contribution in [3.8, 4) is 0 Å². The van der Waals surface area contributed by atoms with E-state index in [1.54, 1.807) is 13.8 Å². The van der Waals surface area contributed by atoms with Crippen molar-refractivity contribution >= 4 is 9.84 Å². The van der Waals surface area contributed by atoms with Gasteiger partial charge in [-0.3, -0.25) is 0 Å². The van der Waals surface area contributed by atoms with Crippen molar-refractivity contribution in [3.05, 3.63) is 0 Å². The third-order valence-corrected chi connectivity index (χ3v) is 4.18. The Morgan fingerprint density at radius 3 is 2.15 bits per heavy atom. The minimum absolute atomic E-state index is 0.112. The van der Waals surface area contributed by atoms with Gasteiger partial charge in [0.2, 0.25) is 0 Å². The van der Waals surface area contributed by atoms with Crippen LogP contribution in [0.2, 0.25) is 0 Å². The van der Waals surface area contributed by atoms with E-state index in [0.29, 0.717) is 6.42 Å². The molecule has 0 amide bonds. The van der Waals surface area contributed by atoms with Gasteiger partial charge in [0, 0.05) is 5.75 Å². The Labute approximate surface area is 81.1 Å². The predicted octanol–water partition coefficient (Wildman–Crippen LogP) is 1.22. The van der Waals surface area contributed by atoms with Gasteiger partial charge in [-0.1, -0.05) is 20.3 Å². The summed E-state index contributed by atoms with van der Waals surface area (Å²) in [6.45, 7) is 5.33. The van der Waals surface area contributed by atoms with Gasteiger partial charge in [0.05, 0.1) is 11.9 Å². The Hall–Kier alpha value is -0.0900. The van der Waals surface area contributed by atoms with Crippen LogP contribution >= 0.6 is 0 Å². The van der Waals surface area contributed by atoms with Gasteiger partial charge < -0.3 is 5.11 Å². The lowest BCUT2D eigenvalue weighted by atomic mass is 9.98. The highest BCUT2D eigenvalue weighted by Crippen LogP contribution is 2.14. The van der Waals surface area contributed by atoms with E-state index >= 15 is 0 Å². The van der Waals surface area contributed by atoms with Gasteiger partial charge in [0.1, 0.15) is 9.84 Å². The van der Waals surface area contributed by atoms with Crippen molar-refractivity contribution in [2.45, 2.75) is 39.7 Å². The standard InChI is InChI=1S/C9H20O3S/c1-4-9(8(3)10)6-7-13(11,12)5-2/h8-10H,4-7H2,1-3H3. The molecule has 0 aliphatic carbocycles. The zero-order valence-electron chi connectivity index (χ0n) is 8.66. The van der Waals surface area contributed by atoms with Crippen LogP contribution in [0.3, 0.4) is 0 Å². The lowest BCUT2D eigenvalue weighted by Gasteiger charge is -2.17. The molecule has 0 aromatic heterocycles. The van der Waals surface area contributed by atoms with E-state index < -0.39 is 15.9 Å². The maximum absolute atomic E-state index is 11.2. The van der Waals surface area contributed by atoms with Gasteiger partial charge in [0.25, 0.3) is 0 Å². The van der Waals surface area contributed by atoms with Crippen molar-refractivity contribution in [2.75, 3.05) is 11.5 Å². The van der Waals surface area contributed by atoms with E-state index in [2.05, 4.69) is 0 Å². The molecule has 0 aliphatic rings. The summed E-state index contributed by atoms with van der Waals surface area (Å²) in [6, 6.07) is 0. The predicted molar refractivity (Wildman–Crippen MR) is 54.4 cm³/mol. The first-order valence-electron chi connectivity index (χ1n) is 4.81. The lowest BCUT2D eigenvalue weighted by Crippen LogP contribution is -2.20. The fraction of sp³-hybridized carbons (Fsp3) is 1.00. The molecule has 0 saturated heterocycles. The van der Waals surface area contributed by atoms with Crippen LogP contribution in [0.1, 0.15) is 33.6 Å². The highest BCUT2D eigenvalue weighted by molar-refractivity contribution is 7.91. The molecular weight excluding hydrogens is 188 g/mol. The number of hydrogen-bond donors (Lipinski definition) is 1. The third-order valence-electron chi connectivity index (χ3n) is 2.45. The Morgan fingerprint density at radius 2 is 1.85 bits per heavy atom. The quantitative estimate of drug-likeness (QED) is 0.714. The Bertz CT molecular complexity index is 219. The zero-order valence-corrected chi connectivity index (χ0v) is 9.47. The second kappa shape index (κ2) is 5.60. The third kappa shape index (κ3) is 5.26. The van der Waals surface area contributed by atoms with E-state index in [9.17, 15) is 13.5 Å². The number of aliphatic hydroxyl groups excluding tert-OH is 1. The zero-order chi connectivity index (χ0) is 10.5. The van der Waals surface area contributed by atoms with Gasteiger partial charge in [-0.2, -0.15) is 0 Å². The molecule has 4 heteroatoms. The van der Waals surface area contributed by atoms with Crippen molar-refractivity contribution in [2.24, 2.45) is 5.92 Å². The normalized spacial score (nSPS) is 16.9. The summed E-state index contributed by atoms with van der Waals surface area (Å²) in [5.41, 5.74) is 0. The molecule has 0 aliphatic heterocycles. The summed E-state index contributed by atoms with van der Waals surface area (Å²) in [5.74, 6) is 0.511. The van der Waals surface area contributed by atoms with E-state index in [0.717, 1.165) is 6.42 Å². The second-order valence-corrected chi connectivity index (χ2v) is 5.91. The van der Waals surface area contributed by atoms with E-state index in [1.807, 2.05) is 6.92 Å². The van der Waals surface area contributed by atoms with Gasteiger partial charge in [-0.25, -0.2) is 8.42 Å². The summed E-state index contributed by atoms with van der Waals surface area (Å²) < 4.78 is 22.3. The molecule has 1 N–H and O–H groups in total. The number of rotatable bonds is 6. The maximum atomic E-state index is 11.2. The molecule has 0 aromatic rings. The van der Waals surface area contributed by atoms with Crippen molar-refractivity contribution in [3.63, 3.8) is 0 Å². The van der Waals surface area contributed by atoms with Gasteiger partial charge in [-0.15, -0.1) is 0 Å². The minimum atomic E-state index is -2.87. The molecule has 0 rings (SSSR count). The topological polar surface area (TPSA) is 54.4 Å². The highest BCUT2D eigenvalue weighted by atomic mass is 32.2. The number of aliphatic hydroxyl groups is 1. The Balaban J connectivity index is 4.00. The van der Waals surface area contributed by atoms with Crippen LogP contribution in [0, 0.1) is 5.92 Å². The smallest absolute Gasteiger partial charge is 0.150 e. The Morgan fingerprint density at radius 1 is 1.31 bits per heavy atom. The largest absolute Gasteiger partial charge is 0.393 e. The number of sulfone groups is 1. The van der Waals surface area contributed by atoms with Crippen molar-refractivity contribution < 1.29 is 13.5 Å². The van der Waals surface area contributed by atoms with Crippen LogP contribution in [0.5, 0.6) is 0 Å². The Kier molecular flexibility index (Phi) is 5.56. The van der Waals surface area contributed by atoms with Crippen LogP contribution in [0.25, 0.3) is 0 Å². The lowest BCUT2D eigenvalue weighted by molar-refractivity contribution is 0.121. The average molecular weight is 208 g/mol. The van der Waals surface area contributed by atoms with Crippen LogP contribution in [-0.4, -0.2) is 31.1 Å². The molecule has 0 radical (unpaired) electrons. The highest BCUT2D eigenvalue weighted by Gasteiger charge is 2.16.